The van der Waals surface area contributed by atoms with Crippen molar-refractivity contribution in [2.75, 3.05) is 7.11 Å². The van der Waals surface area contributed by atoms with Crippen molar-refractivity contribution in [3.63, 3.8) is 0 Å². The minimum Gasteiger partial charge on any atom is -0.466 e. The number of non-ortho nitro benzene ring substituents is 1. The summed E-state index contributed by atoms with van der Waals surface area (Å²) in [7, 11) is 1.23. The number of aliphatic hydroxyl groups is 1. The molecule has 0 unspecified atom stereocenters. The number of carbonyl (C=O) groups is 1. The average Bonchev–Trinajstić information content (AvgIpc) is 2.44. The summed E-state index contributed by atoms with van der Waals surface area (Å²) in [5.74, 6) is -1.14. The highest BCUT2D eigenvalue weighted by Crippen LogP contribution is 2.28. The Bertz CT molecular complexity index is 494. The number of ether oxygens (including phenoxy) is 1. The van der Waals surface area contributed by atoms with E-state index in [0.717, 1.165) is 0 Å². The monoisotopic (exact) mass is 265 g/mol. The van der Waals surface area contributed by atoms with Crippen molar-refractivity contribution in [3.05, 3.63) is 52.1 Å². The fourth-order valence-corrected chi connectivity index (χ4v) is 1.59. The smallest absolute Gasteiger partial charge is 0.333 e. The third-order valence-corrected chi connectivity index (χ3v) is 2.92. The molecule has 0 aromatic heterocycles. The van der Waals surface area contributed by atoms with Crippen LogP contribution in [-0.4, -0.2) is 23.1 Å². The van der Waals surface area contributed by atoms with Gasteiger partial charge in [0.05, 0.1) is 18.1 Å². The summed E-state index contributed by atoms with van der Waals surface area (Å²) < 4.78 is 4.53. The zero-order valence-corrected chi connectivity index (χ0v) is 10.7. The molecule has 0 aliphatic heterocycles. The van der Waals surface area contributed by atoms with Crippen molar-refractivity contribution in [1.82, 2.24) is 0 Å². The van der Waals surface area contributed by atoms with Crippen molar-refractivity contribution in [2.45, 2.75) is 13.0 Å². The lowest BCUT2D eigenvalue weighted by molar-refractivity contribution is -0.384. The molecule has 1 aromatic carbocycles. The molecule has 0 fully saturated rings. The highest BCUT2D eigenvalue weighted by atomic mass is 16.6. The average molecular weight is 265 g/mol. The lowest BCUT2D eigenvalue weighted by atomic mass is 9.91. The third kappa shape index (κ3) is 3.38. The molecule has 0 aliphatic carbocycles. The van der Waals surface area contributed by atoms with E-state index in [0.29, 0.717) is 5.56 Å². The molecule has 0 amide bonds. The SMILES string of the molecule is C=C(C(=O)OC)[C@H](C)[C@H](O)c1ccc([N+](=O)[O-])cc1. The van der Waals surface area contributed by atoms with Gasteiger partial charge in [-0.05, 0) is 17.7 Å². The molecule has 0 saturated carbocycles. The lowest BCUT2D eigenvalue weighted by Gasteiger charge is -2.19. The van der Waals surface area contributed by atoms with E-state index in [-0.39, 0.29) is 11.3 Å². The molecular formula is C13H15NO5. The summed E-state index contributed by atoms with van der Waals surface area (Å²) in [5.41, 5.74) is 0.562. The Morgan fingerprint density at radius 3 is 2.37 bits per heavy atom. The van der Waals surface area contributed by atoms with Crippen LogP contribution in [0.1, 0.15) is 18.6 Å². The van der Waals surface area contributed by atoms with Gasteiger partial charge in [-0.25, -0.2) is 4.79 Å². The topological polar surface area (TPSA) is 89.7 Å². The number of nitrogens with zero attached hydrogens (tertiary/aromatic N) is 1. The van der Waals surface area contributed by atoms with E-state index >= 15 is 0 Å². The van der Waals surface area contributed by atoms with Crippen molar-refractivity contribution in [3.8, 4) is 0 Å². The number of hydrogen-bond acceptors (Lipinski definition) is 5. The molecule has 1 rings (SSSR count). The van der Waals surface area contributed by atoms with Crippen LogP contribution in [0.4, 0.5) is 5.69 Å². The van der Waals surface area contributed by atoms with Crippen molar-refractivity contribution >= 4 is 11.7 Å². The Hall–Kier alpha value is -2.21. The van der Waals surface area contributed by atoms with Gasteiger partial charge in [-0.15, -0.1) is 0 Å². The van der Waals surface area contributed by atoms with Gasteiger partial charge in [0.15, 0.2) is 0 Å². The Morgan fingerprint density at radius 2 is 1.95 bits per heavy atom. The summed E-state index contributed by atoms with van der Waals surface area (Å²) in [6.45, 7) is 5.21. The predicted octanol–water partition coefficient (Wildman–Crippen LogP) is 1.99. The predicted molar refractivity (Wildman–Crippen MR) is 68.4 cm³/mol. The fraction of sp³-hybridized carbons (Fsp3) is 0.308. The van der Waals surface area contributed by atoms with Crippen LogP contribution in [-0.2, 0) is 9.53 Å². The van der Waals surface area contributed by atoms with Crippen LogP contribution in [0.5, 0.6) is 0 Å². The van der Waals surface area contributed by atoms with Gasteiger partial charge >= 0.3 is 5.97 Å². The number of carbonyl (C=O) groups excluding carboxylic acids is 1. The van der Waals surface area contributed by atoms with E-state index in [1.165, 1.54) is 31.4 Å². The molecule has 0 saturated heterocycles. The number of hydrogen-bond donors (Lipinski definition) is 1. The van der Waals surface area contributed by atoms with E-state index in [2.05, 4.69) is 11.3 Å². The fourth-order valence-electron chi connectivity index (χ4n) is 1.59. The van der Waals surface area contributed by atoms with Gasteiger partial charge in [0.25, 0.3) is 5.69 Å². The molecule has 1 N–H and O–H groups in total. The molecule has 0 heterocycles. The second kappa shape index (κ2) is 6.10. The van der Waals surface area contributed by atoms with Crippen LogP contribution < -0.4 is 0 Å². The number of nitro groups is 1. The first-order chi connectivity index (χ1) is 8.88. The number of rotatable bonds is 5. The highest BCUT2D eigenvalue weighted by Gasteiger charge is 2.24. The molecule has 0 aliphatic rings. The number of nitro benzene ring substituents is 1. The van der Waals surface area contributed by atoms with Gasteiger partial charge in [0.2, 0.25) is 0 Å². The molecular weight excluding hydrogens is 250 g/mol. The van der Waals surface area contributed by atoms with E-state index in [1.807, 2.05) is 0 Å². The lowest BCUT2D eigenvalue weighted by Crippen LogP contribution is -2.18. The Balaban J connectivity index is 2.87. The first-order valence-corrected chi connectivity index (χ1v) is 5.58. The van der Waals surface area contributed by atoms with Crippen LogP contribution >= 0.6 is 0 Å². The number of benzene rings is 1. The molecule has 6 heteroatoms. The Morgan fingerprint density at radius 1 is 1.42 bits per heavy atom. The molecule has 2 atom stereocenters. The van der Waals surface area contributed by atoms with E-state index in [1.54, 1.807) is 6.92 Å². The van der Waals surface area contributed by atoms with Gasteiger partial charge in [0.1, 0.15) is 0 Å². The van der Waals surface area contributed by atoms with E-state index < -0.39 is 22.9 Å². The molecule has 0 spiro atoms. The van der Waals surface area contributed by atoms with Gasteiger partial charge in [-0.2, -0.15) is 0 Å². The summed E-state index contributed by atoms with van der Waals surface area (Å²) in [4.78, 5) is 21.3. The molecule has 6 nitrogen and oxygen atoms in total. The van der Waals surface area contributed by atoms with Crippen LogP contribution in [0.25, 0.3) is 0 Å². The molecule has 1 aromatic rings. The maximum atomic E-state index is 11.3. The Kier molecular flexibility index (Phi) is 4.77. The quantitative estimate of drug-likeness (QED) is 0.380. The first kappa shape index (κ1) is 14.8. The minimum atomic E-state index is -0.979. The summed E-state index contributed by atoms with van der Waals surface area (Å²) in [5, 5.41) is 20.6. The second-order valence-corrected chi connectivity index (χ2v) is 4.10. The van der Waals surface area contributed by atoms with Crippen LogP contribution in [0.15, 0.2) is 36.4 Å². The van der Waals surface area contributed by atoms with Crippen LogP contribution in [0, 0.1) is 16.0 Å². The highest BCUT2D eigenvalue weighted by molar-refractivity contribution is 5.88. The van der Waals surface area contributed by atoms with E-state index in [9.17, 15) is 20.0 Å². The summed E-state index contributed by atoms with van der Waals surface area (Å²) >= 11 is 0. The largest absolute Gasteiger partial charge is 0.466 e. The van der Waals surface area contributed by atoms with Gasteiger partial charge < -0.3 is 9.84 Å². The zero-order valence-electron chi connectivity index (χ0n) is 10.7. The summed E-state index contributed by atoms with van der Waals surface area (Å²) in [6, 6.07) is 5.49. The van der Waals surface area contributed by atoms with Gasteiger partial charge in [0, 0.05) is 23.6 Å². The van der Waals surface area contributed by atoms with E-state index in [4.69, 9.17) is 0 Å². The number of methoxy groups -OCH3 is 1. The Labute approximate surface area is 110 Å². The normalized spacial score (nSPS) is 13.4. The first-order valence-electron chi connectivity index (χ1n) is 5.58. The summed E-state index contributed by atoms with van der Waals surface area (Å²) in [6.07, 6.45) is -0.979. The van der Waals surface area contributed by atoms with Crippen LogP contribution in [0.3, 0.4) is 0 Å². The molecule has 0 bridgehead atoms. The second-order valence-electron chi connectivity index (χ2n) is 4.10. The van der Waals surface area contributed by atoms with Crippen LogP contribution in [0.2, 0.25) is 0 Å². The molecule has 102 valence electrons. The molecule has 0 radical (unpaired) electrons. The maximum Gasteiger partial charge on any atom is 0.333 e. The number of aliphatic hydroxyl groups excluding tert-OH is 1. The maximum absolute atomic E-state index is 11.3. The zero-order chi connectivity index (χ0) is 14.6. The number of esters is 1. The molecule has 19 heavy (non-hydrogen) atoms. The van der Waals surface area contributed by atoms with Gasteiger partial charge in [-0.3, -0.25) is 10.1 Å². The minimum absolute atomic E-state index is 0.0598. The van der Waals surface area contributed by atoms with Crippen molar-refractivity contribution in [2.24, 2.45) is 5.92 Å². The van der Waals surface area contributed by atoms with Gasteiger partial charge in [-0.1, -0.05) is 13.5 Å². The third-order valence-electron chi connectivity index (χ3n) is 2.92. The van der Waals surface area contributed by atoms with Crippen molar-refractivity contribution in [1.29, 1.82) is 0 Å². The standard InChI is InChI=1S/C13H15NO5/c1-8(9(2)13(16)19-3)12(15)10-4-6-11(7-5-10)14(17)18/h4-8,12,15H,2H2,1,3H3/t8-,12-/m0/s1. The van der Waals surface area contributed by atoms with Crippen molar-refractivity contribution < 1.29 is 19.6 Å².